The number of carbonyl (C=O) groups excluding carboxylic acids is 2. The van der Waals surface area contributed by atoms with Crippen molar-refractivity contribution in [1.29, 1.82) is 0 Å². The fraction of sp³-hybridized carbons (Fsp3) is 0.467. The second-order valence-corrected chi connectivity index (χ2v) is 8.12. The van der Waals surface area contributed by atoms with Crippen molar-refractivity contribution in [1.82, 2.24) is 4.90 Å². The second-order valence-electron chi connectivity index (χ2n) is 5.85. The van der Waals surface area contributed by atoms with Gasteiger partial charge in [0.05, 0.1) is 41.2 Å². The normalized spacial score (nSPS) is 23.6. The van der Waals surface area contributed by atoms with Gasteiger partial charge in [0.15, 0.2) is 0 Å². The van der Waals surface area contributed by atoms with Crippen LogP contribution in [0.3, 0.4) is 0 Å². The van der Waals surface area contributed by atoms with Crippen LogP contribution in [0.5, 0.6) is 0 Å². The van der Waals surface area contributed by atoms with Crippen molar-refractivity contribution in [3.63, 3.8) is 0 Å². The molecule has 2 saturated heterocycles. The minimum Gasteiger partial charge on any atom is -0.378 e. The highest BCUT2D eigenvalue weighted by atomic mass is 35.5. The monoisotopic (exact) mass is 372 g/mol. The van der Waals surface area contributed by atoms with Crippen LogP contribution >= 0.6 is 11.6 Å². The Bertz CT molecular complexity index is 789. The van der Waals surface area contributed by atoms with Gasteiger partial charge in [-0.2, -0.15) is 0 Å². The van der Waals surface area contributed by atoms with E-state index >= 15 is 0 Å². The number of rotatable bonds is 2. The Labute approximate surface area is 145 Å². The molecule has 2 fully saturated rings. The van der Waals surface area contributed by atoms with Gasteiger partial charge in [0.1, 0.15) is 0 Å². The van der Waals surface area contributed by atoms with E-state index in [1.54, 1.807) is 11.8 Å². The molecule has 2 amide bonds. The number of benzene rings is 1. The fourth-order valence-electron chi connectivity index (χ4n) is 2.83. The fourth-order valence-corrected chi connectivity index (χ4v) is 4.90. The van der Waals surface area contributed by atoms with Crippen LogP contribution in [0, 0.1) is 5.92 Å². The van der Waals surface area contributed by atoms with Gasteiger partial charge >= 0.3 is 0 Å². The van der Waals surface area contributed by atoms with Crippen molar-refractivity contribution in [2.45, 2.75) is 6.92 Å². The van der Waals surface area contributed by atoms with Gasteiger partial charge in [0.25, 0.3) is 5.91 Å². The molecular formula is C15H17ClN2O5S. The lowest BCUT2D eigenvalue weighted by atomic mass is 10.1. The van der Waals surface area contributed by atoms with E-state index in [0.29, 0.717) is 26.3 Å². The van der Waals surface area contributed by atoms with Crippen LogP contribution in [0.15, 0.2) is 18.2 Å². The molecule has 0 aliphatic carbocycles. The summed E-state index contributed by atoms with van der Waals surface area (Å²) in [4.78, 5) is 26.2. The Morgan fingerprint density at radius 3 is 2.50 bits per heavy atom. The van der Waals surface area contributed by atoms with E-state index in [0.717, 1.165) is 4.31 Å². The van der Waals surface area contributed by atoms with Gasteiger partial charge in [-0.15, -0.1) is 0 Å². The first-order valence-corrected chi connectivity index (χ1v) is 9.53. The summed E-state index contributed by atoms with van der Waals surface area (Å²) in [5.74, 6) is -1.54. The Morgan fingerprint density at radius 2 is 1.96 bits per heavy atom. The number of carbonyl (C=O) groups is 2. The molecule has 7 nitrogen and oxygen atoms in total. The lowest BCUT2D eigenvalue weighted by Crippen LogP contribution is -2.40. The lowest BCUT2D eigenvalue weighted by Gasteiger charge is -2.27. The summed E-state index contributed by atoms with van der Waals surface area (Å²) in [7, 11) is -3.70. The van der Waals surface area contributed by atoms with Crippen LogP contribution in [0.1, 0.15) is 17.3 Å². The molecule has 2 aliphatic heterocycles. The quantitative estimate of drug-likeness (QED) is 0.776. The van der Waals surface area contributed by atoms with Crippen LogP contribution in [-0.2, 0) is 19.6 Å². The first-order valence-electron chi connectivity index (χ1n) is 7.54. The largest absolute Gasteiger partial charge is 0.378 e. The van der Waals surface area contributed by atoms with E-state index in [1.165, 1.54) is 18.2 Å². The zero-order valence-electron chi connectivity index (χ0n) is 13.1. The molecule has 2 aliphatic rings. The Balaban J connectivity index is 1.90. The molecule has 0 bridgehead atoms. The summed E-state index contributed by atoms with van der Waals surface area (Å²) in [6, 6.07) is 4.25. The summed E-state index contributed by atoms with van der Waals surface area (Å²) in [6.07, 6.45) is 0. The predicted octanol–water partition coefficient (Wildman–Crippen LogP) is 1.12. The van der Waals surface area contributed by atoms with Gasteiger partial charge in [-0.1, -0.05) is 18.5 Å². The van der Waals surface area contributed by atoms with Crippen molar-refractivity contribution in [2.75, 3.05) is 36.4 Å². The number of ether oxygens (including phenoxy) is 1. The molecule has 3 rings (SSSR count). The SMILES string of the molecule is C[C@@H]1CS(=O)(=O)N(c2ccc(C(=O)N3CCOCC3)c(Cl)c2)C1=O. The molecule has 0 N–H and O–H groups in total. The molecular weight excluding hydrogens is 356 g/mol. The van der Waals surface area contributed by atoms with Crippen molar-refractivity contribution >= 4 is 39.1 Å². The topological polar surface area (TPSA) is 84.0 Å². The van der Waals surface area contributed by atoms with Gasteiger partial charge < -0.3 is 9.64 Å². The molecule has 24 heavy (non-hydrogen) atoms. The minimum absolute atomic E-state index is 0.117. The third-order valence-corrected chi connectivity index (χ3v) is 6.26. The summed E-state index contributed by atoms with van der Waals surface area (Å²) >= 11 is 6.19. The van der Waals surface area contributed by atoms with Crippen LogP contribution in [0.25, 0.3) is 0 Å². The number of hydrogen-bond donors (Lipinski definition) is 0. The summed E-state index contributed by atoms with van der Waals surface area (Å²) < 4.78 is 30.2. The third kappa shape index (κ3) is 3.01. The van der Waals surface area contributed by atoms with Crippen LogP contribution in [0.2, 0.25) is 5.02 Å². The maximum absolute atomic E-state index is 12.5. The second kappa shape index (κ2) is 6.34. The number of sulfonamides is 1. The maximum Gasteiger partial charge on any atom is 0.255 e. The van der Waals surface area contributed by atoms with E-state index in [-0.39, 0.29) is 27.9 Å². The van der Waals surface area contributed by atoms with Gasteiger partial charge in [0, 0.05) is 13.1 Å². The smallest absolute Gasteiger partial charge is 0.255 e. The molecule has 2 heterocycles. The standard InChI is InChI=1S/C15H17ClN2O5S/c1-10-9-24(21,22)18(14(10)19)11-2-3-12(13(16)8-11)15(20)17-4-6-23-7-5-17/h2-3,8,10H,4-7,9H2,1H3/t10-/m1/s1. The van der Waals surface area contributed by atoms with Gasteiger partial charge in [-0.05, 0) is 18.2 Å². The lowest BCUT2D eigenvalue weighted by molar-refractivity contribution is -0.119. The highest BCUT2D eigenvalue weighted by Crippen LogP contribution is 2.31. The number of morpholine rings is 1. The average Bonchev–Trinajstić information content (AvgIpc) is 2.75. The summed E-state index contributed by atoms with van der Waals surface area (Å²) in [6.45, 7) is 3.47. The molecule has 0 spiro atoms. The van der Waals surface area contributed by atoms with Gasteiger partial charge in [0.2, 0.25) is 15.9 Å². The first kappa shape index (κ1) is 17.2. The molecule has 1 atom stereocenters. The zero-order chi connectivity index (χ0) is 17.5. The first-order chi connectivity index (χ1) is 11.3. The van der Waals surface area contributed by atoms with E-state index in [1.807, 2.05) is 0 Å². The predicted molar refractivity (Wildman–Crippen MR) is 88.6 cm³/mol. The average molecular weight is 373 g/mol. The highest BCUT2D eigenvalue weighted by Gasteiger charge is 2.42. The minimum atomic E-state index is -3.70. The molecule has 0 aromatic heterocycles. The molecule has 1 aromatic carbocycles. The zero-order valence-corrected chi connectivity index (χ0v) is 14.6. The number of halogens is 1. The highest BCUT2D eigenvalue weighted by molar-refractivity contribution is 7.94. The van der Waals surface area contributed by atoms with Crippen LogP contribution in [0.4, 0.5) is 5.69 Å². The van der Waals surface area contributed by atoms with E-state index in [2.05, 4.69) is 0 Å². The van der Waals surface area contributed by atoms with E-state index in [4.69, 9.17) is 16.3 Å². The van der Waals surface area contributed by atoms with E-state index in [9.17, 15) is 18.0 Å². The van der Waals surface area contributed by atoms with E-state index < -0.39 is 21.8 Å². The Hall–Kier alpha value is -1.64. The maximum atomic E-state index is 12.5. The van der Waals surface area contributed by atoms with Crippen molar-refractivity contribution in [3.8, 4) is 0 Å². The number of hydrogen-bond acceptors (Lipinski definition) is 5. The van der Waals surface area contributed by atoms with Crippen LogP contribution in [-0.4, -0.2) is 57.2 Å². The van der Waals surface area contributed by atoms with Crippen molar-refractivity contribution in [3.05, 3.63) is 28.8 Å². The number of nitrogens with zero attached hydrogens (tertiary/aromatic N) is 2. The van der Waals surface area contributed by atoms with Crippen molar-refractivity contribution in [2.24, 2.45) is 5.92 Å². The van der Waals surface area contributed by atoms with Gasteiger partial charge in [-0.25, -0.2) is 12.7 Å². The summed E-state index contributed by atoms with van der Waals surface area (Å²) in [5, 5.41) is 0.117. The molecule has 1 aromatic rings. The molecule has 0 unspecified atom stereocenters. The van der Waals surface area contributed by atoms with Crippen LogP contribution < -0.4 is 4.31 Å². The summed E-state index contributed by atoms with van der Waals surface area (Å²) in [5.41, 5.74) is 0.437. The number of amides is 2. The molecule has 0 radical (unpaired) electrons. The Kier molecular flexibility index (Phi) is 4.54. The molecule has 130 valence electrons. The number of anilines is 1. The third-order valence-electron chi connectivity index (χ3n) is 4.08. The molecule has 9 heteroatoms. The molecule has 0 saturated carbocycles. The van der Waals surface area contributed by atoms with Crippen molar-refractivity contribution < 1.29 is 22.7 Å². The Morgan fingerprint density at radius 1 is 1.29 bits per heavy atom. The van der Waals surface area contributed by atoms with Gasteiger partial charge in [-0.3, -0.25) is 9.59 Å².